The number of nitrogens with zero attached hydrogens (tertiary/aromatic N) is 1. The van der Waals surface area contributed by atoms with Gasteiger partial charge in [-0.15, -0.1) is 11.3 Å². The predicted octanol–water partition coefficient (Wildman–Crippen LogP) is 5.50. The van der Waals surface area contributed by atoms with E-state index in [1.54, 1.807) is 11.3 Å². The molecule has 3 nitrogen and oxygen atoms in total. The lowest BCUT2D eigenvalue weighted by molar-refractivity contribution is -0.121. The van der Waals surface area contributed by atoms with Crippen molar-refractivity contribution in [3.05, 3.63) is 74.6 Å². The van der Waals surface area contributed by atoms with Crippen molar-refractivity contribution in [2.45, 2.75) is 33.2 Å². The van der Waals surface area contributed by atoms with Gasteiger partial charge in [0.15, 0.2) is 0 Å². The van der Waals surface area contributed by atoms with E-state index in [1.165, 1.54) is 5.56 Å². The minimum Gasteiger partial charge on any atom is -0.349 e. The fourth-order valence-electron chi connectivity index (χ4n) is 2.80. The van der Waals surface area contributed by atoms with Crippen LogP contribution in [0.3, 0.4) is 0 Å². The number of thiazole rings is 1. The van der Waals surface area contributed by atoms with Crippen LogP contribution in [-0.2, 0) is 11.2 Å². The molecule has 1 unspecified atom stereocenters. The van der Waals surface area contributed by atoms with Gasteiger partial charge >= 0.3 is 0 Å². The van der Waals surface area contributed by atoms with Crippen LogP contribution in [0.1, 0.15) is 34.0 Å². The van der Waals surface area contributed by atoms with Crippen LogP contribution in [0, 0.1) is 13.8 Å². The number of amides is 1. The summed E-state index contributed by atoms with van der Waals surface area (Å²) in [7, 11) is 0. The molecule has 0 saturated heterocycles. The first-order chi connectivity index (χ1) is 12.4. The van der Waals surface area contributed by atoms with Crippen LogP contribution in [0.5, 0.6) is 0 Å². The molecule has 1 heterocycles. The average Bonchev–Trinajstić information content (AvgIpc) is 2.96. The van der Waals surface area contributed by atoms with Crippen molar-refractivity contribution >= 4 is 28.8 Å². The molecule has 1 aromatic heterocycles. The van der Waals surface area contributed by atoms with Gasteiger partial charge in [0, 0.05) is 15.5 Å². The maximum atomic E-state index is 12.6. The Labute approximate surface area is 163 Å². The van der Waals surface area contributed by atoms with E-state index < -0.39 is 0 Å². The Morgan fingerprint density at radius 1 is 1.12 bits per heavy atom. The summed E-state index contributed by atoms with van der Waals surface area (Å²) in [5, 5.41) is 4.71. The molecule has 134 valence electrons. The highest BCUT2D eigenvalue weighted by atomic mass is 35.5. The van der Waals surface area contributed by atoms with E-state index in [9.17, 15) is 4.79 Å². The average molecular weight is 385 g/mol. The van der Waals surface area contributed by atoms with Crippen LogP contribution in [0.4, 0.5) is 0 Å². The van der Waals surface area contributed by atoms with Crippen molar-refractivity contribution in [2.75, 3.05) is 0 Å². The van der Waals surface area contributed by atoms with Gasteiger partial charge in [0.1, 0.15) is 0 Å². The number of nitrogens with one attached hydrogen (secondary N) is 1. The Balaban J connectivity index is 1.73. The maximum absolute atomic E-state index is 12.6. The largest absolute Gasteiger partial charge is 0.349 e. The molecule has 0 aliphatic carbocycles. The van der Waals surface area contributed by atoms with Crippen LogP contribution < -0.4 is 5.32 Å². The van der Waals surface area contributed by atoms with Gasteiger partial charge in [0.25, 0.3) is 0 Å². The molecule has 1 N–H and O–H groups in total. The molecular formula is C21H21ClN2OS. The van der Waals surface area contributed by atoms with Gasteiger partial charge in [-0.05, 0) is 38.5 Å². The Bertz CT molecular complexity index is 901. The molecule has 3 aromatic rings. The number of rotatable bonds is 5. The second-order valence-corrected chi connectivity index (χ2v) is 8.11. The second kappa shape index (κ2) is 8.02. The highest BCUT2D eigenvalue weighted by Gasteiger charge is 2.16. The SMILES string of the molecule is Cc1ccc(-c2nc(C)sc2CC(=O)NC(C)c2ccc(Cl)cc2)cc1. The molecule has 0 bridgehead atoms. The first kappa shape index (κ1) is 18.6. The summed E-state index contributed by atoms with van der Waals surface area (Å²) in [6.07, 6.45) is 0.326. The van der Waals surface area contributed by atoms with E-state index in [0.717, 1.165) is 26.7 Å². The summed E-state index contributed by atoms with van der Waals surface area (Å²) in [5.41, 5.74) is 4.19. The molecule has 0 aliphatic heterocycles. The zero-order chi connectivity index (χ0) is 18.7. The van der Waals surface area contributed by atoms with Crippen molar-refractivity contribution < 1.29 is 4.79 Å². The molecule has 5 heteroatoms. The summed E-state index contributed by atoms with van der Waals surface area (Å²) < 4.78 is 0. The third-order valence-corrected chi connectivity index (χ3v) is 5.42. The molecular weight excluding hydrogens is 364 g/mol. The Morgan fingerprint density at radius 2 is 1.77 bits per heavy atom. The van der Waals surface area contributed by atoms with Crippen molar-refractivity contribution in [1.82, 2.24) is 10.3 Å². The van der Waals surface area contributed by atoms with Gasteiger partial charge in [-0.25, -0.2) is 4.98 Å². The van der Waals surface area contributed by atoms with Crippen LogP contribution in [-0.4, -0.2) is 10.9 Å². The molecule has 0 saturated carbocycles. The Morgan fingerprint density at radius 3 is 2.42 bits per heavy atom. The Hall–Kier alpha value is -2.17. The van der Waals surface area contributed by atoms with Crippen molar-refractivity contribution in [2.24, 2.45) is 0 Å². The van der Waals surface area contributed by atoms with Crippen molar-refractivity contribution in [3.8, 4) is 11.3 Å². The van der Waals surface area contributed by atoms with Gasteiger partial charge in [0.05, 0.1) is 23.2 Å². The number of aromatic nitrogens is 1. The summed E-state index contributed by atoms with van der Waals surface area (Å²) in [6, 6.07) is 15.7. The Kier molecular flexibility index (Phi) is 5.74. The molecule has 0 aliphatic rings. The molecule has 1 atom stereocenters. The molecule has 0 spiro atoms. The first-order valence-corrected chi connectivity index (χ1v) is 9.70. The summed E-state index contributed by atoms with van der Waals surface area (Å²) in [6.45, 7) is 6.00. The predicted molar refractivity (Wildman–Crippen MR) is 109 cm³/mol. The number of carbonyl (C=O) groups is 1. The summed E-state index contributed by atoms with van der Waals surface area (Å²) >= 11 is 7.50. The molecule has 0 radical (unpaired) electrons. The highest BCUT2D eigenvalue weighted by molar-refractivity contribution is 7.12. The van der Waals surface area contributed by atoms with Crippen LogP contribution >= 0.6 is 22.9 Å². The maximum Gasteiger partial charge on any atom is 0.225 e. The fourth-order valence-corrected chi connectivity index (χ4v) is 3.88. The minimum absolute atomic E-state index is 0.00976. The van der Waals surface area contributed by atoms with Crippen molar-refractivity contribution in [3.63, 3.8) is 0 Å². The van der Waals surface area contributed by atoms with Gasteiger partial charge in [-0.1, -0.05) is 53.6 Å². The van der Waals surface area contributed by atoms with Gasteiger partial charge < -0.3 is 5.32 Å². The number of aryl methyl sites for hydroxylation is 2. The third kappa shape index (κ3) is 4.51. The fraction of sp³-hybridized carbons (Fsp3) is 0.238. The van der Waals surface area contributed by atoms with Crippen LogP contribution in [0.2, 0.25) is 5.02 Å². The van der Waals surface area contributed by atoms with Gasteiger partial charge in [-0.3, -0.25) is 4.79 Å². The lowest BCUT2D eigenvalue weighted by Gasteiger charge is -2.14. The number of benzene rings is 2. The lowest BCUT2D eigenvalue weighted by Crippen LogP contribution is -2.28. The van der Waals surface area contributed by atoms with Crippen LogP contribution in [0.25, 0.3) is 11.3 Å². The quantitative estimate of drug-likeness (QED) is 0.631. The smallest absolute Gasteiger partial charge is 0.225 e. The monoisotopic (exact) mass is 384 g/mol. The normalized spacial score (nSPS) is 12.0. The zero-order valence-corrected chi connectivity index (χ0v) is 16.6. The van der Waals surface area contributed by atoms with E-state index in [1.807, 2.05) is 38.1 Å². The third-order valence-electron chi connectivity index (χ3n) is 4.20. The summed E-state index contributed by atoms with van der Waals surface area (Å²) in [4.78, 5) is 18.2. The summed E-state index contributed by atoms with van der Waals surface area (Å²) in [5.74, 6) is -0.00976. The van der Waals surface area contributed by atoms with E-state index in [4.69, 9.17) is 11.6 Å². The van der Waals surface area contributed by atoms with Crippen LogP contribution in [0.15, 0.2) is 48.5 Å². The van der Waals surface area contributed by atoms with E-state index >= 15 is 0 Å². The second-order valence-electron chi connectivity index (χ2n) is 6.39. The number of halogens is 1. The number of hydrogen-bond acceptors (Lipinski definition) is 3. The van der Waals surface area contributed by atoms with E-state index in [0.29, 0.717) is 11.4 Å². The zero-order valence-electron chi connectivity index (χ0n) is 15.0. The van der Waals surface area contributed by atoms with Gasteiger partial charge in [0.2, 0.25) is 5.91 Å². The topological polar surface area (TPSA) is 42.0 Å². The highest BCUT2D eigenvalue weighted by Crippen LogP contribution is 2.29. The molecule has 26 heavy (non-hydrogen) atoms. The van der Waals surface area contributed by atoms with Crippen molar-refractivity contribution in [1.29, 1.82) is 0 Å². The standard InChI is InChI=1S/C21H21ClN2OS/c1-13-4-6-17(7-5-13)21-19(26-15(3)24-21)12-20(25)23-14(2)16-8-10-18(22)11-9-16/h4-11,14H,12H2,1-3H3,(H,23,25). The molecule has 3 rings (SSSR count). The lowest BCUT2D eigenvalue weighted by atomic mass is 10.1. The van der Waals surface area contributed by atoms with E-state index in [-0.39, 0.29) is 11.9 Å². The number of carbonyl (C=O) groups excluding carboxylic acids is 1. The molecule has 2 aromatic carbocycles. The minimum atomic E-state index is -0.0726. The van der Waals surface area contributed by atoms with Gasteiger partial charge in [-0.2, -0.15) is 0 Å². The first-order valence-electron chi connectivity index (χ1n) is 8.50. The number of hydrogen-bond donors (Lipinski definition) is 1. The molecule has 0 fully saturated rings. The van der Waals surface area contributed by atoms with E-state index in [2.05, 4.69) is 41.5 Å². The molecule has 1 amide bonds.